The zero-order valence-electron chi connectivity index (χ0n) is 16.6. The van der Waals surface area contributed by atoms with Gasteiger partial charge in [-0.1, -0.05) is 16.6 Å². The molecule has 2 aromatic carbocycles. The number of rotatable bonds is 11. The van der Waals surface area contributed by atoms with E-state index in [1.807, 2.05) is 31.2 Å². The number of nitrogens with two attached hydrogens (primary N) is 1. The lowest BCUT2D eigenvalue weighted by Gasteiger charge is -2.15. The summed E-state index contributed by atoms with van der Waals surface area (Å²) in [6.07, 6.45) is -0.673. The number of aliphatic hydroxyl groups excluding tert-OH is 1. The van der Waals surface area contributed by atoms with Crippen molar-refractivity contribution in [3.05, 3.63) is 59.8 Å². The van der Waals surface area contributed by atoms with E-state index in [2.05, 4.69) is 14.9 Å². The molecular formula is C21H24N4O4S. The van der Waals surface area contributed by atoms with Gasteiger partial charge in [0, 0.05) is 24.2 Å². The van der Waals surface area contributed by atoms with E-state index in [0.717, 1.165) is 16.1 Å². The first-order valence-electron chi connectivity index (χ1n) is 9.47. The van der Waals surface area contributed by atoms with Crippen LogP contribution in [0.5, 0.6) is 11.5 Å². The Morgan fingerprint density at radius 2 is 1.97 bits per heavy atom. The molecular weight excluding hydrogens is 404 g/mol. The average molecular weight is 429 g/mol. The first-order chi connectivity index (χ1) is 14.5. The summed E-state index contributed by atoms with van der Waals surface area (Å²) in [6.45, 7) is 3.40. The van der Waals surface area contributed by atoms with Gasteiger partial charge >= 0.3 is 0 Å². The van der Waals surface area contributed by atoms with Gasteiger partial charge in [0.25, 0.3) is 0 Å². The number of ether oxygens (including phenoxy) is 2. The predicted molar refractivity (Wildman–Crippen MR) is 115 cm³/mol. The van der Waals surface area contributed by atoms with Gasteiger partial charge in [-0.2, -0.15) is 0 Å². The van der Waals surface area contributed by atoms with Crippen LogP contribution >= 0.6 is 11.5 Å². The van der Waals surface area contributed by atoms with Crippen molar-refractivity contribution in [1.82, 2.24) is 14.9 Å². The highest BCUT2D eigenvalue weighted by atomic mass is 32.1. The van der Waals surface area contributed by atoms with Crippen LogP contribution in [0.3, 0.4) is 0 Å². The van der Waals surface area contributed by atoms with Gasteiger partial charge in [-0.15, -0.1) is 5.10 Å². The zero-order chi connectivity index (χ0) is 21.3. The maximum Gasteiger partial charge on any atom is 0.248 e. The van der Waals surface area contributed by atoms with Crippen LogP contribution in [0.25, 0.3) is 10.4 Å². The minimum absolute atomic E-state index is 0.157. The molecule has 0 saturated heterocycles. The van der Waals surface area contributed by atoms with Crippen LogP contribution in [0, 0.1) is 6.92 Å². The summed E-state index contributed by atoms with van der Waals surface area (Å²) in [5.41, 5.74) is 7.41. The topological polar surface area (TPSA) is 120 Å². The van der Waals surface area contributed by atoms with Crippen LogP contribution in [-0.4, -0.2) is 53.0 Å². The summed E-state index contributed by atoms with van der Waals surface area (Å²) < 4.78 is 15.4. The van der Waals surface area contributed by atoms with Crippen molar-refractivity contribution in [2.24, 2.45) is 5.73 Å². The Labute approximate surface area is 178 Å². The van der Waals surface area contributed by atoms with E-state index in [1.54, 1.807) is 24.3 Å². The lowest BCUT2D eigenvalue weighted by Crippen LogP contribution is -2.33. The van der Waals surface area contributed by atoms with E-state index in [4.69, 9.17) is 15.2 Å². The minimum Gasteiger partial charge on any atom is -0.492 e. The Morgan fingerprint density at radius 1 is 1.20 bits per heavy atom. The van der Waals surface area contributed by atoms with Gasteiger partial charge < -0.3 is 25.6 Å². The third kappa shape index (κ3) is 5.99. The highest BCUT2D eigenvalue weighted by Gasteiger charge is 2.13. The smallest absolute Gasteiger partial charge is 0.248 e. The highest BCUT2D eigenvalue weighted by molar-refractivity contribution is 7.09. The van der Waals surface area contributed by atoms with Crippen LogP contribution in [0.4, 0.5) is 0 Å². The van der Waals surface area contributed by atoms with E-state index in [0.29, 0.717) is 36.8 Å². The molecule has 0 saturated carbocycles. The maximum atomic E-state index is 11.0. The zero-order valence-corrected chi connectivity index (χ0v) is 17.4. The van der Waals surface area contributed by atoms with Crippen molar-refractivity contribution >= 4 is 17.4 Å². The largest absolute Gasteiger partial charge is 0.492 e. The molecule has 1 unspecified atom stereocenters. The molecule has 0 radical (unpaired) electrons. The van der Waals surface area contributed by atoms with Gasteiger partial charge in [0.1, 0.15) is 30.8 Å². The van der Waals surface area contributed by atoms with E-state index in [9.17, 15) is 9.90 Å². The molecule has 1 atom stereocenters. The summed E-state index contributed by atoms with van der Waals surface area (Å²) in [5.74, 6) is 0.865. The number of amides is 1. The number of hydrogen-bond donors (Lipinski definition) is 3. The Bertz CT molecular complexity index is 962. The molecule has 1 aromatic heterocycles. The van der Waals surface area contributed by atoms with Gasteiger partial charge in [-0.05, 0) is 54.9 Å². The number of aryl methyl sites for hydroxylation is 1. The number of aliphatic hydroxyl groups is 1. The first-order valence-corrected chi connectivity index (χ1v) is 10.2. The molecule has 9 heteroatoms. The molecule has 30 heavy (non-hydrogen) atoms. The van der Waals surface area contributed by atoms with Crippen LogP contribution in [-0.2, 0) is 0 Å². The fraction of sp³-hybridized carbons (Fsp3) is 0.286. The molecule has 4 N–H and O–H groups in total. The highest BCUT2D eigenvalue weighted by Crippen LogP contribution is 2.33. The molecule has 1 amide bonds. The summed E-state index contributed by atoms with van der Waals surface area (Å²) in [7, 11) is 0. The quantitative estimate of drug-likeness (QED) is 0.400. The number of benzene rings is 2. The second-order valence-corrected chi connectivity index (χ2v) is 7.34. The van der Waals surface area contributed by atoms with Crippen molar-refractivity contribution in [1.29, 1.82) is 0 Å². The monoisotopic (exact) mass is 428 g/mol. The number of carbonyl (C=O) groups excluding carboxylic acids is 1. The van der Waals surface area contributed by atoms with Crippen LogP contribution < -0.4 is 20.5 Å². The Kier molecular flexibility index (Phi) is 7.72. The molecule has 0 fully saturated rings. The first kappa shape index (κ1) is 21.7. The number of para-hydroxylation sites is 1. The Balaban J connectivity index is 1.38. The van der Waals surface area contributed by atoms with E-state index in [-0.39, 0.29) is 6.61 Å². The summed E-state index contributed by atoms with van der Waals surface area (Å²) in [5, 5.41) is 17.4. The maximum absolute atomic E-state index is 11.0. The van der Waals surface area contributed by atoms with E-state index in [1.165, 1.54) is 11.5 Å². The lowest BCUT2D eigenvalue weighted by atomic mass is 10.1. The van der Waals surface area contributed by atoms with Crippen molar-refractivity contribution < 1.29 is 19.4 Å². The normalized spacial score (nSPS) is 11.8. The van der Waals surface area contributed by atoms with Crippen LogP contribution in [0.2, 0.25) is 0 Å². The molecule has 3 rings (SSSR count). The second-order valence-electron chi connectivity index (χ2n) is 6.59. The fourth-order valence-electron chi connectivity index (χ4n) is 2.73. The van der Waals surface area contributed by atoms with E-state index < -0.39 is 12.0 Å². The number of aromatic nitrogens is 2. The SMILES string of the molecule is Cc1nnsc1-c1ccccc1OCC(O)CNCCOc1ccc(C(N)=O)cc1. The molecule has 0 aliphatic heterocycles. The Hall–Kier alpha value is -3.01. The second kappa shape index (κ2) is 10.7. The average Bonchev–Trinajstić information content (AvgIpc) is 3.18. The standard InChI is InChI=1S/C21H24N4O4S/c1-14-20(30-25-24-14)18-4-2-3-5-19(18)29-13-16(26)12-23-10-11-28-17-8-6-15(7-9-17)21(22)27/h2-9,16,23,26H,10-13H2,1H3,(H2,22,27). The summed E-state index contributed by atoms with van der Waals surface area (Å²) in [6, 6.07) is 14.3. The van der Waals surface area contributed by atoms with Crippen molar-refractivity contribution in [2.75, 3.05) is 26.3 Å². The van der Waals surface area contributed by atoms with Gasteiger partial charge in [-0.25, -0.2) is 0 Å². The van der Waals surface area contributed by atoms with Crippen molar-refractivity contribution in [3.63, 3.8) is 0 Å². The predicted octanol–water partition coefficient (Wildman–Crippen LogP) is 2.02. The van der Waals surface area contributed by atoms with Crippen molar-refractivity contribution in [2.45, 2.75) is 13.0 Å². The molecule has 0 aliphatic rings. The third-order valence-corrected chi connectivity index (χ3v) is 5.14. The molecule has 158 valence electrons. The number of hydrogen-bond acceptors (Lipinski definition) is 8. The van der Waals surface area contributed by atoms with Gasteiger partial charge in [-0.3, -0.25) is 4.79 Å². The molecule has 0 spiro atoms. The number of primary amides is 1. The fourth-order valence-corrected chi connectivity index (χ4v) is 3.41. The third-order valence-electron chi connectivity index (χ3n) is 4.28. The molecule has 0 bridgehead atoms. The van der Waals surface area contributed by atoms with Gasteiger partial charge in [0.15, 0.2) is 0 Å². The molecule has 8 nitrogen and oxygen atoms in total. The molecule has 1 heterocycles. The Morgan fingerprint density at radius 3 is 2.67 bits per heavy atom. The molecule has 0 aliphatic carbocycles. The summed E-state index contributed by atoms with van der Waals surface area (Å²) >= 11 is 1.32. The number of carbonyl (C=O) groups is 1. The van der Waals surface area contributed by atoms with Crippen LogP contribution in [0.15, 0.2) is 48.5 Å². The van der Waals surface area contributed by atoms with Gasteiger partial charge in [0.05, 0.1) is 10.6 Å². The lowest BCUT2D eigenvalue weighted by molar-refractivity contribution is 0.1000. The van der Waals surface area contributed by atoms with Crippen molar-refractivity contribution in [3.8, 4) is 21.9 Å². The minimum atomic E-state index is -0.673. The van der Waals surface area contributed by atoms with E-state index >= 15 is 0 Å². The molecule has 3 aromatic rings. The number of nitrogens with zero attached hydrogens (tertiary/aromatic N) is 2. The van der Waals surface area contributed by atoms with Crippen LogP contribution in [0.1, 0.15) is 16.1 Å². The summed E-state index contributed by atoms with van der Waals surface area (Å²) in [4.78, 5) is 12.0. The number of nitrogens with one attached hydrogen (secondary N) is 1. The van der Waals surface area contributed by atoms with Gasteiger partial charge in [0.2, 0.25) is 5.91 Å².